The van der Waals surface area contributed by atoms with Crippen molar-refractivity contribution >= 4 is 5.69 Å². The van der Waals surface area contributed by atoms with Gasteiger partial charge < -0.3 is 24.6 Å². The van der Waals surface area contributed by atoms with Crippen molar-refractivity contribution < 1.29 is 19.3 Å². The zero-order valence-corrected chi connectivity index (χ0v) is 20.6. The van der Waals surface area contributed by atoms with E-state index in [1.165, 1.54) is 0 Å². The number of ether oxygens (including phenoxy) is 3. The second-order valence-corrected chi connectivity index (χ2v) is 8.17. The highest BCUT2D eigenvalue weighted by molar-refractivity contribution is 5.60. The van der Waals surface area contributed by atoms with Gasteiger partial charge in [0.05, 0.1) is 25.5 Å². The predicted octanol–water partition coefficient (Wildman–Crippen LogP) is 4.37. The van der Waals surface area contributed by atoms with Crippen LogP contribution < -0.4 is 14.8 Å². The fourth-order valence-electron chi connectivity index (χ4n) is 3.71. The number of nitrogens with one attached hydrogen (secondary N) is 1. The lowest BCUT2D eigenvalue weighted by molar-refractivity contribution is 0.106. The van der Waals surface area contributed by atoms with Gasteiger partial charge in [-0.1, -0.05) is 30.3 Å². The average Bonchev–Trinajstić information content (AvgIpc) is 3.35. The third kappa shape index (κ3) is 6.84. The minimum Gasteiger partial charge on any atom is -0.497 e. The van der Waals surface area contributed by atoms with E-state index >= 15 is 0 Å². The fourth-order valence-corrected chi connectivity index (χ4v) is 3.71. The highest BCUT2D eigenvalue weighted by Crippen LogP contribution is 2.26. The van der Waals surface area contributed by atoms with Crippen LogP contribution in [0.25, 0.3) is 17.1 Å². The van der Waals surface area contributed by atoms with E-state index < -0.39 is 6.10 Å². The number of hydrogen-bond acceptors (Lipinski definition) is 7. The molecule has 0 saturated carbocycles. The molecule has 0 aliphatic carbocycles. The molecule has 3 aromatic carbocycles. The van der Waals surface area contributed by atoms with E-state index in [4.69, 9.17) is 14.2 Å². The first-order valence-electron chi connectivity index (χ1n) is 12.0. The Labute approximate surface area is 211 Å². The van der Waals surface area contributed by atoms with Crippen molar-refractivity contribution in [3.63, 3.8) is 0 Å². The molecule has 1 aromatic heterocycles. The van der Waals surface area contributed by atoms with Crippen LogP contribution in [0, 0.1) is 0 Å². The molecule has 0 amide bonds. The summed E-state index contributed by atoms with van der Waals surface area (Å²) in [5.74, 6) is 1.42. The van der Waals surface area contributed by atoms with Crippen molar-refractivity contribution in [3.05, 3.63) is 84.4 Å². The van der Waals surface area contributed by atoms with Crippen LogP contribution in [-0.4, -0.2) is 59.5 Å². The van der Waals surface area contributed by atoms with Crippen LogP contribution in [-0.2, 0) is 11.2 Å². The zero-order chi connectivity index (χ0) is 25.2. The summed E-state index contributed by atoms with van der Waals surface area (Å²) in [5, 5.41) is 18.3. The van der Waals surface area contributed by atoms with Crippen LogP contribution >= 0.6 is 0 Å². The summed E-state index contributed by atoms with van der Waals surface area (Å²) in [4.78, 5) is 4.62. The molecule has 1 heterocycles. The Hall–Kier alpha value is -3.88. The summed E-state index contributed by atoms with van der Waals surface area (Å²) in [6, 6.07) is 25.7. The first-order chi connectivity index (χ1) is 17.7. The summed E-state index contributed by atoms with van der Waals surface area (Å²) in [6.45, 7) is 3.86. The molecule has 4 aromatic rings. The zero-order valence-electron chi connectivity index (χ0n) is 20.6. The van der Waals surface area contributed by atoms with Gasteiger partial charge >= 0.3 is 6.01 Å². The highest BCUT2D eigenvalue weighted by Gasteiger charge is 2.15. The largest absolute Gasteiger partial charge is 0.497 e. The molecule has 0 radical (unpaired) electrons. The lowest BCUT2D eigenvalue weighted by Gasteiger charge is -2.13. The Morgan fingerprint density at radius 2 is 1.69 bits per heavy atom. The number of aliphatic hydroxyl groups excluding tert-OH is 1. The first kappa shape index (κ1) is 25.2. The molecule has 1 unspecified atom stereocenters. The van der Waals surface area contributed by atoms with Crippen molar-refractivity contribution in [2.24, 2.45) is 0 Å². The molecule has 0 saturated heterocycles. The van der Waals surface area contributed by atoms with Crippen molar-refractivity contribution in [3.8, 4) is 28.8 Å². The number of anilines is 1. The van der Waals surface area contributed by atoms with Crippen molar-refractivity contribution in [2.45, 2.75) is 19.4 Å². The predicted molar refractivity (Wildman–Crippen MR) is 140 cm³/mol. The summed E-state index contributed by atoms with van der Waals surface area (Å²) in [6.07, 6.45) is 0.114. The molecule has 4 rings (SSSR count). The van der Waals surface area contributed by atoms with E-state index in [1.807, 2.05) is 85.8 Å². The maximum atomic E-state index is 10.4. The SMILES string of the molecule is CCOCCOc1nc(-c2ccc(OC)cc2)n(-c2ccc(NCC(O)Cc3ccccc3)cc2)n1. The first-order valence-corrected chi connectivity index (χ1v) is 12.0. The third-order valence-corrected chi connectivity index (χ3v) is 5.57. The molecular weight excluding hydrogens is 456 g/mol. The normalized spacial score (nSPS) is 11.8. The highest BCUT2D eigenvalue weighted by atomic mass is 16.5. The van der Waals surface area contributed by atoms with Gasteiger partial charge in [-0.3, -0.25) is 0 Å². The van der Waals surface area contributed by atoms with Crippen LogP contribution in [0.1, 0.15) is 12.5 Å². The molecule has 0 fully saturated rings. The van der Waals surface area contributed by atoms with Crippen LogP contribution in [0.2, 0.25) is 0 Å². The lowest BCUT2D eigenvalue weighted by Crippen LogP contribution is -2.21. The minimum absolute atomic E-state index is 0.284. The summed E-state index contributed by atoms with van der Waals surface area (Å²) in [5.41, 5.74) is 3.74. The van der Waals surface area contributed by atoms with Gasteiger partial charge in [-0.15, -0.1) is 5.10 Å². The molecular formula is C28H32N4O4. The lowest BCUT2D eigenvalue weighted by atomic mass is 10.1. The van der Waals surface area contributed by atoms with Crippen LogP contribution in [0.3, 0.4) is 0 Å². The number of rotatable bonds is 13. The Morgan fingerprint density at radius 1 is 0.944 bits per heavy atom. The molecule has 188 valence electrons. The van der Waals surface area contributed by atoms with Crippen LogP contribution in [0.15, 0.2) is 78.9 Å². The summed E-state index contributed by atoms with van der Waals surface area (Å²) < 4.78 is 18.1. The average molecular weight is 489 g/mol. The molecule has 8 nitrogen and oxygen atoms in total. The van der Waals surface area contributed by atoms with Gasteiger partial charge in [0, 0.05) is 30.8 Å². The quantitative estimate of drug-likeness (QED) is 0.270. The number of hydrogen-bond donors (Lipinski definition) is 2. The minimum atomic E-state index is -0.486. The molecule has 0 aliphatic rings. The Morgan fingerprint density at radius 3 is 2.39 bits per heavy atom. The Balaban J connectivity index is 1.47. The van der Waals surface area contributed by atoms with Crippen LogP contribution in [0.5, 0.6) is 11.8 Å². The van der Waals surface area contributed by atoms with Gasteiger partial charge in [-0.25, -0.2) is 4.68 Å². The number of aromatic nitrogens is 3. The van der Waals surface area contributed by atoms with E-state index in [2.05, 4.69) is 15.4 Å². The molecule has 2 N–H and O–H groups in total. The second-order valence-electron chi connectivity index (χ2n) is 8.17. The van der Waals surface area contributed by atoms with E-state index in [-0.39, 0.29) is 6.01 Å². The number of nitrogens with zero attached hydrogens (tertiary/aromatic N) is 3. The van der Waals surface area contributed by atoms with E-state index in [0.29, 0.717) is 38.6 Å². The molecule has 8 heteroatoms. The van der Waals surface area contributed by atoms with Gasteiger partial charge in [-0.05, 0) is 61.0 Å². The fraction of sp³-hybridized carbons (Fsp3) is 0.286. The maximum absolute atomic E-state index is 10.4. The monoisotopic (exact) mass is 488 g/mol. The van der Waals surface area contributed by atoms with E-state index in [0.717, 1.165) is 28.3 Å². The van der Waals surface area contributed by atoms with E-state index in [1.54, 1.807) is 11.8 Å². The standard InChI is InChI=1S/C28H32N4O4/c1-3-35-17-18-36-28-30-27(22-9-15-26(34-2)16-10-22)32(31-28)24-13-11-23(12-14-24)29-20-25(33)19-21-7-5-4-6-8-21/h4-16,25,29,33H,3,17-20H2,1-2H3. The van der Waals surface area contributed by atoms with Crippen molar-refractivity contribution in [1.82, 2.24) is 14.8 Å². The van der Waals surface area contributed by atoms with Gasteiger partial charge in [0.1, 0.15) is 12.4 Å². The smallest absolute Gasteiger partial charge is 0.336 e. The molecule has 0 bridgehead atoms. The number of aliphatic hydroxyl groups is 1. The molecule has 0 spiro atoms. The molecule has 0 aliphatic heterocycles. The summed E-state index contributed by atoms with van der Waals surface area (Å²) in [7, 11) is 1.64. The van der Waals surface area contributed by atoms with E-state index in [9.17, 15) is 5.11 Å². The maximum Gasteiger partial charge on any atom is 0.336 e. The number of methoxy groups -OCH3 is 1. The van der Waals surface area contributed by atoms with Gasteiger partial charge in [0.2, 0.25) is 0 Å². The van der Waals surface area contributed by atoms with Gasteiger partial charge in [-0.2, -0.15) is 4.98 Å². The number of benzene rings is 3. The Bertz CT molecular complexity index is 1190. The van der Waals surface area contributed by atoms with Gasteiger partial charge in [0.25, 0.3) is 0 Å². The third-order valence-electron chi connectivity index (χ3n) is 5.57. The second kappa shape index (κ2) is 12.7. The molecule has 1 atom stereocenters. The summed E-state index contributed by atoms with van der Waals surface area (Å²) >= 11 is 0. The molecule has 36 heavy (non-hydrogen) atoms. The Kier molecular flexibility index (Phi) is 8.91. The van der Waals surface area contributed by atoms with Crippen LogP contribution in [0.4, 0.5) is 5.69 Å². The van der Waals surface area contributed by atoms with Crippen molar-refractivity contribution in [1.29, 1.82) is 0 Å². The van der Waals surface area contributed by atoms with Crippen molar-refractivity contribution in [2.75, 3.05) is 38.8 Å². The van der Waals surface area contributed by atoms with Gasteiger partial charge in [0.15, 0.2) is 5.82 Å². The topological polar surface area (TPSA) is 90.7 Å².